The third kappa shape index (κ3) is 1.95. The lowest BCUT2D eigenvalue weighted by Gasteiger charge is -2.07. The van der Waals surface area contributed by atoms with E-state index in [-0.39, 0.29) is 0 Å². The molecule has 2 heterocycles. The topological polar surface area (TPSA) is 78.1 Å². The van der Waals surface area contributed by atoms with Crippen LogP contribution >= 0.6 is 15.9 Å². The van der Waals surface area contributed by atoms with Crippen LogP contribution in [0.3, 0.4) is 0 Å². The number of hydrogen-bond acceptors (Lipinski definition) is 5. The standard InChI is InChI=1S/C11H10BrN3O2/c1-5-7-3-6(11(16)17-2)4-14-10(7)15-9(13)8(5)12/h3-4H,1-2H3,(H2,13,14,15). The van der Waals surface area contributed by atoms with E-state index in [9.17, 15) is 4.79 Å². The van der Waals surface area contributed by atoms with Crippen molar-refractivity contribution < 1.29 is 9.53 Å². The van der Waals surface area contributed by atoms with Gasteiger partial charge in [-0.3, -0.25) is 0 Å². The number of aryl methyl sites for hydroxylation is 1. The summed E-state index contributed by atoms with van der Waals surface area (Å²) in [5, 5.41) is 0.772. The number of aromatic nitrogens is 2. The van der Waals surface area contributed by atoms with E-state index in [1.807, 2.05) is 6.92 Å². The minimum Gasteiger partial charge on any atom is -0.465 e. The molecule has 0 atom stereocenters. The van der Waals surface area contributed by atoms with Gasteiger partial charge in [0.25, 0.3) is 0 Å². The molecule has 88 valence electrons. The van der Waals surface area contributed by atoms with Gasteiger partial charge in [0, 0.05) is 11.6 Å². The predicted molar refractivity (Wildman–Crippen MR) is 67.7 cm³/mol. The Morgan fingerprint density at radius 2 is 2.24 bits per heavy atom. The normalized spacial score (nSPS) is 10.5. The van der Waals surface area contributed by atoms with Crippen LogP contribution in [-0.4, -0.2) is 23.0 Å². The molecule has 0 saturated heterocycles. The fourth-order valence-corrected chi connectivity index (χ4v) is 1.83. The third-order valence-corrected chi connectivity index (χ3v) is 3.47. The molecule has 0 amide bonds. The van der Waals surface area contributed by atoms with Gasteiger partial charge in [-0.05, 0) is 34.5 Å². The number of nitrogens with zero attached hydrogens (tertiary/aromatic N) is 2. The molecule has 0 fully saturated rings. The quantitative estimate of drug-likeness (QED) is 0.815. The molecule has 2 aromatic rings. The van der Waals surface area contributed by atoms with Crippen LogP contribution in [0.2, 0.25) is 0 Å². The molecule has 2 rings (SSSR count). The molecule has 0 bridgehead atoms. The number of pyridine rings is 2. The summed E-state index contributed by atoms with van der Waals surface area (Å²) in [6.45, 7) is 1.88. The van der Waals surface area contributed by atoms with Gasteiger partial charge in [-0.1, -0.05) is 0 Å². The lowest BCUT2D eigenvalue weighted by atomic mass is 10.1. The van der Waals surface area contributed by atoms with Gasteiger partial charge in [0.15, 0.2) is 5.65 Å². The maximum Gasteiger partial charge on any atom is 0.339 e. The number of carbonyl (C=O) groups excluding carboxylic acids is 1. The fraction of sp³-hybridized carbons (Fsp3) is 0.182. The summed E-state index contributed by atoms with van der Waals surface area (Å²) in [4.78, 5) is 19.6. The summed E-state index contributed by atoms with van der Waals surface area (Å²) in [6.07, 6.45) is 1.42. The number of anilines is 1. The Hall–Kier alpha value is -1.69. The smallest absolute Gasteiger partial charge is 0.339 e. The number of nitrogen functional groups attached to an aromatic ring is 1. The number of carbonyl (C=O) groups is 1. The zero-order valence-electron chi connectivity index (χ0n) is 9.32. The minimum absolute atomic E-state index is 0.383. The zero-order chi connectivity index (χ0) is 12.6. The summed E-state index contributed by atoms with van der Waals surface area (Å²) in [6, 6.07) is 1.70. The van der Waals surface area contributed by atoms with Gasteiger partial charge in [-0.15, -0.1) is 0 Å². The van der Waals surface area contributed by atoms with Crippen LogP contribution in [0, 0.1) is 6.92 Å². The Balaban J connectivity index is 2.73. The first kappa shape index (κ1) is 11.8. The maximum atomic E-state index is 11.4. The van der Waals surface area contributed by atoms with Gasteiger partial charge in [0.05, 0.1) is 17.1 Å². The second kappa shape index (κ2) is 4.29. The number of nitrogens with two attached hydrogens (primary N) is 1. The lowest BCUT2D eigenvalue weighted by molar-refractivity contribution is 0.0600. The second-order valence-electron chi connectivity index (χ2n) is 3.52. The van der Waals surface area contributed by atoms with Crippen molar-refractivity contribution in [3.8, 4) is 0 Å². The summed E-state index contributed by atoms with van der Waals surface area (Å²) in [7, 11) is 1.33. The number of halogens is 1. The molecular weight excluding hydrogens is 286 g/mol. The Morgan fingerprint density at radius 3 is 2.88 bits per heavy atom. The highest BCUT2D eigenvalue weighted by molar-refractivity contribution is 9.10. The van der Waals surface area contributed by atoms with Gasteiger partial charge in [-0.2, -0.15) is 0 Å². The van der Waals surface area contributed by atoms with Crippen molar-refractivity contribution in [3.05, 3.63) is 27.9 Å². The molecular formula is C11H10BrN3O2. The molecule has 0 aromatic carbocycles. The molecule has 0 saturated carbocycles. The summed E-state index contributed by atoms with van der Waals surface area (Å²) in [5.74, 6) is -0.0416. The third-order valence-electron chi connectivity index (χ3n) is 2.47. The van der Waals surface area contributed by atoms with Crippen molar-refractivity contribution >= 4 is 38.8 Å². The summed E-state index contributed by atoms with van der Waals surface area (Å²) >= 11 is 3.35. The van der Waals surface area contributed by atoms with E-state index in [0.717, 1.165) is 10.9 Å². The SMILES string of the molecule is COC(=O)c1cnc2nc(N)c(Br)c(C)c2c1. The highest BCUT2D eigenvalue weighted by atomic mass is 79.9. The number of ether oxygens (including phenoxy) is 1. The van der Waals surface area contributed by atoms with E-state index in [1.165, 1.54) is 13.3 Å². The van der Waals surface area contributed by atoms with Crippen molar-refractivity contribution in [1.29, 1.82) is 0 Å². The number of esters is 1. The molecule has 0 spiro atoms. The van der Waals surface area contributed by atoms with Crippen molar-refractivity contribution in [2.45, 2.75) is 6.92 Å². The van der Waals surface area contributed by atoms with Crippen LogP contribution in [0.4, 0.5) is 5.82 Å². The molecule has 0 aliphatic rings. The Morgan fingerprint density at radius 1 is 1.53 bits per heavy atom. The van der Waals surface area contributed by atoms with Gasteiger partial charge in [0.2, 0.25) is 0 Å². The van der Waals surface area contributed by atoms with E-state index in [2.05, 4.69) is 30.6 Å². The van der Waals surface area contributed by atoms with Crippen molar-refractivity contribution in [3.63, 3.8) is 0 Å². The number of fused-ring (bicyclic) bond motifs is 1. The maximum absolute atomic E-state index is 11.4. The fourth-order valence-electron chi connectivity index (χ4n) is 1.53. The molecule has 17 heavy (non-hydrogen) atoms. The monoisotopic (exact) mass is 295 g/mol. The first-order chi connectivity index (χ1) is 8.04. The Labute approximate surface area is 106 Å². The average molecular weight is 296 g/mol. The highest BCUT2D eigenvalue weighted by Crippen LogP contribution is 2.28. The van der Waals surface area contributed by atoms with E-state index < -0.39 is 5.97 Å². The van der Waals surface area contributed by atoms with Crippen LogP contribution in [0.5, 0.6) is 0 Å². The second-order valence-corrected chi connectivity index (χ2v) is 4.32. The molecule has 0 unspecified atom stereocenters. The molecule has 0 aliphatic carbocycles. The molecule has 2 N–H and O–H groups in total. The first-order valence-electron chi connectivity index (χ1n) is 4.84. The number of rotatable bonds is 1. The molecule has 0 radical (unpaired) electrons. The largest absolute Gasteiger partial charge is 0.465 e. The van der Waals surface area contributed by atoms with Crippen molar-refractivity contribution in [2.75, 3.05) is 12.8 Å². The van der Waals surface area contributed by atoms with Crippen LogP contribution < -0.4 is 5.73 Å². The van der Waals surface area contributed by atoms with E-state index in [4.69, 9.17) is 5.73 Å². The van der Waals surface area contributed by atoms with Crippen LogP contribution in [-0.2, 0) is 4.74 Å². The van der Waals surface area contributed by atoms with Crippen LogP contribution in [0.1, 0.15) is 15.9 Å². The number of methoxy groups -OCH3 is 1. The van der Waals surface area contributed by atoms with Gasteiger partial charge < -0.3 is 10.5 Å². The number of hydrogen-bond donors (Lipinski definition) is 1. The molecule has 2 aromatic heterocycles. The lowest BCUT2D eigenvalue weighted by Crippen LogP contribution is -2.03. The minimum atomic E-state index is -0.424. The molecule has 0 aliphatic heterocycles. The molecule has 5 nitrogen and oxygen atoms in total. The van der Waals surface area contributed by atoms with Gasteiger partial charge in [0.1, 0.15) is 5.82 Å². The highest BCUT2D eigenvalue weighted by Gasteiger charge is 2.12. The summed E-state index contributed by atoms with van der Waals surface area (Å²) in [5.41, 5.74) is 7.52. The van der Waals surface area contributed by atoms with Crippen molar-refractivity contribution in [2.24, 2.45) is 0 Å². The van der Waals surface area contributed by atoms with E-state index in [0.29, 0.717) is 21.5 Å². The Bertz CT molecular complexity index is 613. The Kier molecular flexibility index (Phi) is 2.97. The van der Waals surface area contributed by atoms with E-state index >= 15 is 0 Å². The summed E-state index contributed by atoms with van der Waals surface area (Å²) < 4.78 is 5.36. The van der Waals surface area contributed by atoms with Crippen molar-refractivity contribution in [1.82, 2.24) is 9.97 Å². The zero-order valence-corrected chi connectivity index (χ0v) is 10.9. The molecule has 6 heteroatoms. The van der Waals surface area contributed by atoms with Gasteiger partial charge >= 0.3 is 5.97 Å². The van der Waals surface area contributed by atoms with Gasteiger partial charge in [-0.25, -0.2) is 14.8 Å². The predicted octanol–water partition coefficient (Wildman–Crippen LogP) is 2.07. The average Bonchev–Trinajstić information content (AvgIpc) is 2.35. The van der Waals surface area contributed by atoms with E-state index in [1.54, 1.807) is 6.07 Å². The van der Waals surface area contributed by atoms with Crippen LogP contribution in [0.15, 0.2) is 16.7 Å². The van der Waals surface area contributed by atoms with Crippen LogP contribution in [0.25, 0.3) is 11.0 Å². The first-order valence-corrected chi connectivity index (χ1v) is 5.63.